The molecular formula is C16H21BrN2OS. The van der Waals surface area contributed by atoms with Crippen LogP contribution in [-0.4, -0.2) is 23.6 Å². The van der Waals surface area contributed by atoms with Crippen molar-refractivity contribution in [2.24, 2.45) is 10.9 Å². The highest BCUT2D eigenvalue weighted by Crippen LogP contribution is 2.41. The highest BCUT2D eigenvalue weighted by Gasteiger charge is 2.38. The van der Waals surface area contributed by atoms with E-state index in [9.17, 15) is 0 Å². The van der Waals surface area contributed by atoms with Crippen LogP contribution in [0.15, 0.2) is 27.7 Å². The maximum atomic E-state index is 5.34. The van der Waals surface area contributed by atoms with E-state index in [1.54, 1.807) is 7.11 Å². The summed E-state index contributed by atoms with van der Waals surface area (Å²) in [6.45, 7) is 2.35. The molecule has 1 aromatic rings. The second-order valence-electron chi connectivity index (χ2n) is 6.09. The van der Waals surface area contributed by atoms with E-state index in [0.717, 1.165) is 32.7 Å². The lowest BCUT2D eigenvalue weighted by Gasteiger charge is -2.32. The summed E-state index contributed by atoms with van der Waals surface area (Å²) in [5, 5.41) is 4.49. The molecular weight excluding hydrogens is 348 g/mol. The van der Waals surface area contributed by atoms with Gasteiger partial charge in [0.1, 0.15) is 5.75 Å². The molecule has 2 aliphatic rings. The van der Waals surface area contributed by atoms with Crippen molar-refractivity contribution in [2.75, 3.05) is 18.2 Å². The number of hydrogen-bond donors (Lipinski definition) is 1. The zero-order valence-electron chi connectivity index (χ0n) is 12.5. The Morgan fingerprint density at radius 3 is 2.86 bits per heavy atom. The van der Waals surface area contributed by atoms with Crippen molar-refractivity contribution in [3.63, 3.8) is 0 Å². The Morgan fingerprint density at radius 1 is 1.38 bits per heavy atom. The van der Waals surface area contributed by atoms with Gasteiger partial charge in [-0.05, 0) is 59.7 Å². The molecule has 0 aromatic heterocycles. The van der Waals surface area contributed by atoms with Gasteiger partial charge in [0.2, 0.25) is 0 Å². The van der Waals surface area contributed by atoms with Crippen molar-refractivity contribution in [2.45, 2.75) is 38.1 Å². The number of hydrogen-bond acceptors (Lipinski definition) is 4. The van der Waals surface area contributed by atoms with E-state index in [0.29, 0.717) is 0 Å². The van der Waals surface area contributed by atoms with E-state index in [1.165, 1.54) is 25.7 Å². The van der Waals surface area contributed by atoms with Crippen molar-refractivity contribution in [1.29, 1.82) is 0 Å². The molecule has 21 heavy (non-hydrogen) atoms. The van der Waals surface area contributed by atoms with E-state index in [4.69, 9.17) is 9.73 Å². The first kappa shape index (κ1) is 15.2. The normalized spacial score (nSPS) is 28.5. The van der Waals surface area contributed by atoms with Gasteiger partial charge in [-0.2, -0.15) is 0 Å². The molecule has 1 N–H and O–H groups in total. The number of rotatable bonds is 2. The molecule has 1 aliphatic carbocycles. The van der Waals surface area contributed by atoms with Crippen LogP contribution in [0.1, 0.15) is 32.6 Å². The molecule has 0 amide bonds. The third-order valence-electron chi connectivity index (χ3n) is 4.42. The maximum Gasteiger partial charge on any atom is 0.161 e. The monoisotopic (exact) mass is 368 g/mol. The summed E-state index contributed by atoms with van der Waals surface area (Å²) in [6.07, 6.45) is 5.08. The molecule has 1 heterocycles. The third kappa shape index (κ3) is 3.39. The quantitative estimate of drug-likeness (QED) is 0.803. The van der Waals surface area contributed by atoms with Gasteiger partial charge in [0.05, 0.1) is 17.1 Å². The predicted molar refractivity (Wildman–Crippen MR) is 94.6 cm³/mol. The second-order valence-corrected chi connectivity index (χ2v) is 7.91. The van der Waals surface area contributed by atoms with Crippen molar-refractivity contribution in [3.8, 4) is 5.75 Å². The third-order valence-corrected chi connectivity index (χ3v) is 6.23. The minimum atomic E-state index is 0.193. The molecule has 3 nitrogen and oxygen atoms in total. The Hall–Kier alpha value is -0.680. The van der Waals surface area contributed by atoms with Crippen molar-refractivity contribution in [3.05, 3.63) is 22.7 Å². The molecule has 0 bridgehead atoms. The zero-order chi connectivity index (χ0) is 14.9. The Morgan fingerprint density at radius 2 is 2.14 bits per heavy atom. The Kier molecular flexibility index (Phi) is 4.50. The lowest BCUT2D eigenvalue weighted by atomic mass is 9.79. The van der Waals surface area contributed by atoms with Gasteiger partial charge in [0.15, 0.2) is 5.17 Å². The Labute approximate surface area is 139 Å². The molecule has 1 aromatic carbocycles. The number of benzene rings is 1. The van der Waals surface area contributed by atoms with Crippen molar-refractivity contribution < 1.29 is 4.74 Å². The maximum absolute atomic E-state index is 5.34. The molecule has 1 aliphatic heterocycles. The minimum Gasteiger partial charge on any atom is -0.495 e. The van der Waals surface area contributed by atoms with E-state index in [2.05, 4.69) is 28.2 Å². The fourth-order valence-corrected chi connectivity index (χ4v) is 4.58. The van der Waals surface area contributed by atoms with E-state index >= 15 is 0 Å². The summed E-state index contributed by atoms with van der Waals surface area (Å²) in [5.74, 6) is 2.82. The van der Waals surface area contributed by atoms with Gasteiger partial charge < -0.3 is 10.1 Å². The van der Waals surface area contributed by atoms with Gasteiger partial charge in [-0.3, -0.25) is 4.99 Å². The molecule has 0 atom stereocenters. The standard InChI is InChI=1S/C16H21BrN2OS/c1-11-5-7-16(8-6-11)10-21-15(19-16)18-12-3-4-13(17)14(9-12)20-2/h3-4,9,11H,5-8,10H2,1-2H3,(H,18,19). The summed E-state index contributed by atoms with van der Waals surface area (Å²) in [6, 6.07) is 6.05. The lowest BCUT2D eigenvalue weighted by Crippen LogP contribution is -2.32. The molecule has 3 rings (SSSR count). The largest absolute Gasteiger partial charge is 0.495 e. The summed E-state index contributed by atoms with van der Waals surface area (Å²) < 4.78 is 6.31. The van der Waals surface area contributed by atoms with Gasteiger partial charge >= 0.3 is 0 Å². The van der Waals surface area contributed by atoms with Crippen LogP contribution in [-0.2, 0) is 0 Å². The second kappa shape index (κ2) is 6.21. The van der Waals surface area contributed by atoms with E-state index in [1.807, 2.05) is 30.0 Å². The first-order chi connectivity index (χ1) is 10.1. The summed E-state index contributed by atoms with van der Waals surface area (Å²) in [7, 11) is 1.68. The number of nitrogens with zero attached hydrogens (tertiary/aromatic N) is 1. The number of amidine groups is 1. The molecule has 1 fully saturated rings. The van der Waals surface area contributed by atoms with Crippen molar-refractivity contribution in [1.82, 2.24) is 0 Å². The average molecular weight is 369 g/mol. The van der Waals surface area contributed by atoms with Crippen LogP contribution in [0.2, 0.25) is 0 Å². The summed E-state index contributed by atoms with van der Waals surface area (Å²) >= 11 is 5.33. The highest BCUT2D eigenvalue weighted by molar-refractivity contribution is 9.10. The zero-order valence-corrected chi connectivity index (χ0v) is 14.9. The Balaban J connectivity index is 1.71. The summed E-state index contributed by atoms with van der Waals surface area (Å²) in [4.78, 5) is 5.00. The molecule has 1 spiro atoms. The van der Waals surface area contributed by atoms with E-state index in [-0.39, 0.29) is 5.54 Å². The van der Waals surface area contributed by atoms with Crippen LogP contribution >= 0.6 is 27.7 Å². The SMILES string of the molecule is COc1cc(NC2=NC3(CCC(C)CC3)CS2)ccc1Br. The van der Waals surface area contributed by atoms with Crippen LogP contribution in [0.5, 0.6) is 5.75 Å². The minimum absolute atomic E-state index is 0.193. The molecule has 0 unspecified atom stereocenters. The van der Waals surface area contributed by atoms with Crippen LogP contribution < -0.4 is 10.1 Å². The lowest BCUT2D eigenvalue weighted by molar-refractivity contribution is 0.273. The molecule has 0 radical (unpaired) electrons. The number of ether oxygens (including phenoxy) is 1. The fraction of sp³-hybridized carbons (Fsp3) is 0.562. The fourth-order valence-electron chi connectivity index (χ4n) is 2.96. The predicted octanol–water partition coefficient (Wildman–Crippen LogP) is 4.92. The van der Waals surface area contributed by atoms with Gasteiger partial charge in [-0.25, -0.2) is 0 Å². The van der Waals surface area contributed by atoms with Gasteiger partial charge in [0, 0.05) is 17.5 Å². The first-order valence-electron chi connectivity index (χ1n) is 7.43. The number of methoxy groups -OCH3 is 1. The number of nitrogens with one attached hydrogen (secondary N) is 1. The van der Waals surface area contributed by atoms with Crippen LogP contribution in [0.4, 0.5) is 5.69 Å². The topological polar surface area (TPSA) is 33.6 Å². The van der Waals surface area contributed by atoms with Gasteiger partial charge in [-0.15, -0.1) is 0 Å². The van der Waals surface area contributed by atoms with Gasteiger partial charge in [0.25, 0.3) is 0 Å². The van der Waals surface area contributed by atoms with Crippen molar-refractivity contribution >= 4 is 38.5 Å². The van der Waals surface area contributed by atoms with Gasteiger partial charge in [-0.1, -0.05) is 18.7 Å². The van der Waals surface area contributed by atoms with Crippen LogP contribution in [0.25, 0.3) is 0 Å². The average Bonchev–Trinajstić information content (AvgIpc) is 2.87. The number of anilines is 1. The molecule has 5 heteroatoms. The molecule has 0 saturated heterocycles. The first-order valence-corrected chi connectivity index (χ1v) is 9.21. The molecule has 1 saturated carbocycles. The van der Waals surface area contributed by atoms with Crippen LogP contribution in [0, 0.1) is 5.92 Å². The van der Waals surface area contributed by atoms with Crippen LogP contribution in [0.3, 0.4) is 0 Å². The highest BCUT2D eigenvalue weighted by atomic mass is 79.9. The summed E-state index contributed by atoms with van der Waals surface area (Å²) in [5.41, 5.74) is 1.22. The number of thioether (sulfide) groups is 1. The number of halogens is 1. The van der Waals surface area contributed by atoms with E-state index < -0.39 is 0 Å². The molecule has 114 valence electrons. The number of aliphatic imine (C=N–C) groups is 1. The smallest absolute Gasteiger partial charge is 0.161 e. The Bertz CT molecular complexity index is 553.